The van der Waals surface area contributed by atoms with E-state index in [1.165, 1.54) is 0 Å². The minimum atomic E-state index is -0.460. The smallest absolute Gasteiger partial charge is 0.410 e. The van der Waals surface area contributed by atoms with Crippen LogP contribution in [0.3, 0.4) is 0 Å². The summed E-state index contributed by atoms with van der Waals surface area (Å²) in [5.74, 6) is 1.60. The number of piperazine rings is 1. The lowest BCUT2D eigenvalue weighted by atomic mass is 10.2. The summed E-state index contributed by atoms with van der Waals surface area (Å²) >= 11 is 0. The topological polar surface area (TPSA) is 51.2 Å². The summed E-state index contributed by atoms with van der Waals surface area (Å²) in [4.78, 5) is 16.1. The molecule has 0 N–H and O–H groups in total. The fourth-order valence-electron chi connectivity index (χ4n) is 2.76. The Balaban J connectivity index is 1.65. The lowest BCUT2D eigenvalue weighted by Crippen LogP contribution is -2.50. The molecule has 2 aliphatic rings. The van der Waals surface area contributed by atoms with Crippen LogP contribution in [0.4, 0.5) is 10.5 Å². The summed E-state index contributed by atoms with van der Waals surface area (Å²) < 4.78 is 16.8. The van der Waals surface area contributed by atoms with Crippen molar-refractivity contribution < 1.29 is 19.0 Å². The van der Waals surface area contributed by atoms with Crippen LogP contribution in [0.1, 0.15) is 20.8 Å². The van der Waals surface area contributed by atoms with Crippen molar-refractivity contribution in [3.8, 4) is 11.5 Å². The quantitative estimate of drug-likeness (QED) is 0.796. The summed E-state index contributed by atoms with van der Waals surface area (Å²) in [7, 11) is 0. The monoisotopic (exact) mass is 320 g/mol. The van der Waals surface area contributed by atoms with Crippen molar-refractivity contribution in [1.29, 1.82) is 0 Å². The third-order valence-electron chi connectivity index (χ3n) is 3.82. The highest BCUT2D eigenvalue weighted by molar-refractivity contribution is 5.70. The average Bonchev–Trinajstić information content (AvgIpc) is 2.53. The first-order valence-corrected chi connectivity index (χ1v) is 8.05. The van der Waals surface area contributed by atoms with E-state index in [2.05, 4.69) is 4.90 Å². The predicted molar refractivity (Wildman–Crippen MR) is 87.5 cm³/mol. The Hall–Kier alpha value is -2.11. The molecule has 1 aromatic carbocycles. The number of benzene rings is 1. The van der Waals surface area contributed by atoms with Crippen LogP contribution in [0.15, 0.2) is 18.2 Å². The van der Waals surface area contributed by atoms with E-state index in [1.807, 2.05) is 39.0 Å². The van der Waals surface area contributed by atoms with Gasteiger partial charge in [-0.15, -0.1) is 0 Å². The molecule has 126 valence electrons. The zero-order chi connectivity index (χ0) is 16.4. The Labute approximate surface area is 136 Å². The highest BCUT2D eigenvalue weighted by Gasteiger charge is 2.28. The molecule has 6 nitrogen and oxygen atoms in total. The molecule has 2 heterocycles. The highest BCUT2D eigenvalue weighted by Crippen LogP contribution is 2.39. The number of nitrogens with zero attached hydrogens (tertiary/aromatic N) is 2. The summed E-state index contributed by atoms with van der Waals surface area (Å²) in [6.45, 7) is 9.58. The van der Waals surface area contributed by atoms with E-state index in [-0.39, 0.29) is 6.09 Å². The van der Waals surface area contributed by atoms with Gasteiger partial charge in [-0.2, -0.15) is 0 Å². The van der Waals surface area contributed by atoms with Crippen LogP contribution in [0.5, 0.6) is 11.5 Å². The van der Waals surface area contributed by atoms with E-state index < -0.39 is 5.60 Å². The molecule has 1 amide bonds. The van der Waals surface area contributed by atoms with Crippen molar-refractivity contribution in [3.63, 3.8) is 0 Å². The van der Waals surface area contributed by atoms with Gasteiger partial charge in [0.25, 0.3) is 0 Å². The van der Waals surface area contributed by atoms with Gasteiger partial charge in [0.1, 0.15) is 18.8 Å². The normalized spacial score (nSPS) is 17.9. The molecule has 3 rings (SSSR count). The minimum absolute atomic E-state index is 0.244. The number of carbonyl (C=O) groups excluding carboxylic acids is 1. The average molecular weight is 320 g/mol. The van der Waals surface area contributed by atoms with Gasteiger partial charge >= 0.3 is 6.09 Å². The first kappa shape index (κ1) is 15.8. The third-order valence-corrected chi connectivity index (χ3v) is 3.82. The number of hydrogen-bond acceptors (Lipinski definition) is 5. The number of carbonyl (C=O) groups is 1. The summed E-state index contributed by atoms with van der Waals surface area (Å²) in [6.07, 6.45) is -0.244. The number of rotatable bonds is 1. The zero-order valence-corrected chi connectivity index (χ0v) is 14.0. The largest absolute Gasteiger partial charge is 0.486 e. The highest BCUT2D eigenvalue weighted by atomic mass is 16.6. The van der Waals surface area contributed by atoms with Gasteiger partial charge in [-0.3, -0.25) is 0 Å². The second-order valence-electron chi connectivity index (χ2n) is 6.76. The molecule has 1 aromatic rings. The van der Waals surface area contributed by atoms with E-state index in [1.54, 1.807) is 4.90 Å². The van der Waals surface area contributed by atoms with Crippen molar-refractivity contribution in [2.45, 2.75) is 26.4 Å². The molecule has 0 saturated carbocycles. The van der Waals surface area contributed by atoms with Crippen molar-refractivity contribution in [3.05, 3.63) is 18.2 Å². The van der Waals surface area contributed by atoms with E-state index >= 15 is 0 Å². The van der Waals surface area contributed by atoms with Crippen LogP contribution in [0.2, 0.25) is 0 Å². The van der Waals surface area contributed by atoms with Crippen LogP contribution in [0, 0.1) is 0 Å². The van der Waals surface area contributed by atoms with Crippen LogP contribution in [-0.2, 0) is 4.74 Å². The molecule has 0 bridgehead atoms. The number of hydrogen-bond donors (Lipinski definition) is 0. The van der Waals surface area contributed by atoms with Gasteiger partial charge in [0.05, 0.1) is 5.69 Å². The lowest BCUT2D eigenvalue weighted by Gasteiger charge is -2.37. The summed E-state index contributed by atoms with van der Waals surface area (Å²) in [5, 5.41) is 0. The van der Waals surface area contributed by atoms with Crippen molar-refractivity contribution in [1.82, 2.24) is 4.90 Å². The number of ether oxygens (including phenoxy) is 3. The second kappa shape index (κ2) is 6.18. The molecule has 0 spiro atoms. The maximum absolute atomic E-state index is 12.1. The molecule has 2 aliphatic heterocycles. The van der Waals surface area contributed by atoms with Gasteiger partial charge < -0.3 is 24.0 Å². The number of para-hydroxylation sites is 1. The Kier molecular flexibility index (Phi) is 4.24. The van der Waals surface area contributed by atoms with Crippen molar-refractivity contribution >= 4 is 11.8 Å². The molecular weight excluding hydrogens is 296 g/mol. The van der Waals surface area contributed by atoms with E-state index in [0.29, 0.717) is 26.3 Å². The maximum Gasteiger partial charge on any atom is 0.410 e. The van der Waals surface area contributed by atoms with Gasteiger partial charge in [-0.1, -0.05) is 6.07 Å². The van der Waals surface area contributed by atoms with Gasteiger partial charge in [-0.25, -0.2) is 4.79 Å². The van der Waals surface area contributed by atoms with Gasteiger partial charge in [-0.05, 0) is 32.9 Å². The van der Waals surface area contributed by atoms with Crippen molar-refractivity contribution in [2.24, 2.45) is 0 Å². The maximum atomic E-state index is 12.1. The Morgan fingerprint density at radius 1 is 1.09 bits per heavy atom. The molecule has 0 atom stereocenters. The molecule has 0 radical (unpaired) electrons. The molecule has 1 fully saturated rings. The molecular formula is C17H24N2O4. The summed E-state index contributed by atoms with van der Waals surface area (Å²) in [6, 6.07) is 5.94. The second-order valence-corrected chi connectivity index (χ2v) is 6.76. The van der Waals surface area contributed by atoms with Crippen molar-refractivity contribution in [2.75, 3.05) is 44.3 Å². The minimum Gasteiger partial charge on any atom is -0.486 e. The molecule has 1 saturated heterocycles. The SMILES string of the molecule is CC(C)(C)OC(=O)N1CCN(c2cccc3c2OCCO3)CC1. The Morgan fingerprint density at radius 2 is 1.78 bits per heavy atom. The summed E-state index contributed by atoms with van der Waals surface area (Å²) in [5.41, 5.74) is 0.573. The van der Waals surface area contributed by atoms with E-state index in [4.69, 9.17) is 14.2 Å². The molecule has 0 unspecified atom stereocenters. The first-order valence-electron chi connectivity index (χ1n) is 8.05. The standard InChI is InChI=1S/C17H24N2O4/c1-17(2,3)23-16(20)19-9-7-18(8-10-19)13-5-4-6-14-15(13)22-12-11-21-14/h4-6H,7-12H2,1-3H3. The molecule has 6 heteroatoms. The number of fused-ring (bicyclic) bond motifs is 1. The molecule has 0 aliphatic carbocycles. The first-order chi connectivity index (χ1) is 10.9. The Morgan fingerprint density at radius 3 is 2.48 bits per heavy atom. The Bertz CT molecular complexity index is 574. The van der Waals surface area contributed by atoms with Gasteiger partial charge in [0.2, 0.25) is 0 Å². The zero-order valence-electron chi connectivity index (χ0n) is 14.0. The predicted octanol–water partition coefficient (Wildman–Crippen LogP) is 2.51. The number of anilines is 1. The van der Waals surface area contributed by atoms with Crippen LogP contribution < -0.4 is 14.4 Å². The van der Waals surface area contributed by atoms with Crippen LogP contribution in [-0.4, -0.2) is 56.0 Å². The van der Waals surface area contributed by atoms with Gasteiger partial charge in [0.15, 0.2) is 11.5 Å². The third kappa shape index (κ3) is 3.63. The van der Waals surface area contributed by atoms with Gasteiger partial charge in [0, 0.05) is 26.2 Å². The van der Waals surface area contributed by atoms with Crippen LogP contribution in [0.25, 0.3) is 0 Å². The molecule has 0 aromatic heterocycles. The lowest BCUT2D eigenvalue weighted by molar-refractivity contribution is 0.0240. The van der Waals surface area contributed by atoms with Crippen LogP contribution >= 0.6 is 0 Å². The molecule has 23 heavy (non-hydrogen) atoms. The number of amides is 1. The fraction of sp³-hybridized carbons (Fsp3) is 0.588. The fourth-order valence-corrected chi connectivity index (χ4v) is 2.76. The van der Waals surface area contributed by atoms with E-state index in [9.17, 15) is 4.79 Å². The van der Waals surface area contributed by atoms with E-state index in [0.717, 1.165) is 30.3 Å².